The summed E-state index contributed by atoms with van der Waals surface area (Å²) in [5, 5.41) is 9.43. The van der Waals surface area contributed by atoms with Crippen molar-refractivity contribution in [2.45, 2.75) is 4.90 Å². The fourth-order valence-electron chi connectivity index (χ4n) is 3.49. The average molecular weight is 511 g/mol. The van der Waals surface area contributed by atoms with Crippen LogP contribution >= 0.6 is 15.9 Å². The van der Waals surface area contributed by atoms with Gasteiger partial charge in [0.2, 0.25) is 10.0 Å². The summed E-state index contributed by atoms with van der Waals surface area (Å²) in [6.07, 6.45) is -1.45. The Morgan fingerprint density at radius 2 is 1.77 bits per heavy atom. The lowest BCUT2D eigenvalue weighted by Crippen LogP contribution is -2.48. The van der Waals surface area contributed by atoms with Gasteiger partial charge in [-0.1, -0.05) is 0 Å². The van der Waals surface area contributed by atoms with Crippen molar-refractivity contribution in [3.05, 3.63) is 46.9 Å². The number of anilines is 1. The Bertz CT molecular complexity index is 1220. The molecule has 1 fully saturated rings. The van der Waals surface area contributed by atoms with E-state index in [0.29, 0.717) is 42.9 Å². The molecule has 9 nitrogen and oxygen atoms in total. The second kappa shape index (κ2) is 8.40. The Morgan fingerprint density at radius 3 is 2.39 bits per heavy atom. The number of benzene rings is 2. The Balaban J connectivity index is 1.51. The molecule has 164 valence electrons. The first-order chi connectivity index (χ1) is 14.8. The third kappa shape index (κ3) is 4.21. The molecule has 0 aliphatic carbocycles. The summed E-state index contributed by atoms with van der Waals surface area (Å²) in [4.78, 5) is 13.0. The molecule has 3 aromatic rings. The number of furan rings is 1. The van der Waals surface area contributed by atoms with Crippen LogP contribution in [-0.4, -0.2) is 57.3 Å². The first-order valence-electron chi connectivity index (χ1n) is 9.31. The third-order valence-electron chi connectivity index (χ3n) is 5.06. The molecule has 1 aliphatic heterocycles. The number of piperazine rings is 1. The van der Waals surface area contributed by atoms with Crippen molar-refractivity contribution in [2.75, 3.05) is 38.2 Å². The number of carboxylic acid groups (broad SMARTS) is 1. The van der Waals surface area contributed by atoms with Gasteiger partial charge in [-0.2, -0.15) is 4.31 Å². The van der Waals surface area contributed by atoms with Gasteiger partial charge in [0.15, 0.2) is 0 Å². The van der Waals surface area contributed by atoms with Gasteiger partial charge in [0, 0.05) is 37.6 Å². The fourth-order valence-corrected chi connectivity index (χ4v) is 5.60. The molecule has 0 amide bonds. The molecule has 0 unspecified atom stereocenters. The van der Waals surface area contributed by atoms with Crippen LogP contribution in [-0.2, 0) is 10.0 Å². The van der Waals surface area contributed by atoms with Gasteiger partial charge in [-0.05, 0) is 52.3 Å². The quantitative estimate of drug-likeness (QED) is 0.516. The largest absolute Gasteiger partial charge is 0.513 e. The molecule has 0 saturated carbocycles. The molecular formula is C20H19BrN2O7S. The van der Waals surface area contributed by atoms with Crippen LogP contribution in [0.25, 0.3) is 11.0 Å². The Kier molecular flexibility index (Phi) is 5.82. The maximum atomic E-state index is 12.9. The van der Waals surface area contributed by atoms with Crippen molar-refractivity contribution in [1.82, 2.24) is 4.31 Å². The van der Waals surface area contributed by atoms with Gasteiger partial charge < -0.3 is 23.9 Å². The van der Waals surface area contributed by atoms with E-state index in [1.807, 2.05) is 6.07 Å². The van der Waals surface area contributed by atoms with Crippen LogP contribution in [0.1, 0.15) is 0 Å². The van der Waals surface area contributed by atoms with E-state index >= 15 is 0 Å². The zero-order valence-corrected chi connectivity index (χ0v) is 18.8. The van der Waals surface area contributed by atoms with E-state index < -0.39 is 16.2 Å². The minimum atomic E-state index is -3.59. The van der Waals surface area contributed by atoms with E-state index in [9.17, 15) is 13.2 Å². The van der Waals surface area contributed by atoms with Crippen LogP contribution in [0.4, 0.5) is 10.5 Å². The number of nitrogens with zero attached hydrogens (tertiary/aromatic N) is 2. The van der Waals surface area contributed by atoms with Crippen molar-refractivity contribution in [2.24, 2.45) is 0 Å². The number of hydrogen-bond donors (Lipinski definition) is 1. The Morgan fingerprint density at radius 1 is 1.10 bits per heavy atom. The van der Waals surface area contributed by atoms with Crippen molar-refractivity contribution < 1.29 is 32.2 Å². The van der Waals surface area contributed by atoms with E-state index in [-0.39, 0.29) is 10.8 Å². The van der Waals surface area contributed by atoms with Crippen LogP contribution < -0.4 is 14.4 Å². The predicted molar refractivity (Wildman–Crippen MR) is 117 cm³/mol. The summed E-state index contributed by atoms with van der Waals surface area (Å²) in [6, 6.07) is 11.4. The lowest BCUT2D eigenvalue weighted by Gasteiger charge is -2.35. The highest BCUT2D eigenvalue weighted by Crippen LogP contribution is 2.38. The Hall–Kier alpha value is -2.76. The van der Waals surface area contributed by atoms with E-state index in [2.05, 4.69) is 25.6 Å². The van der Waals surface area contributed by atoms with Crippen molar-refractivity contribution in [3.8, 4) is 11.7 Å². The highest BCUT2D eigenvalue weighted by molar-refractivity contribution is 9.10. The number of halogens is 1. The maximum absolute atomic E-state index is 12.9. The summed E-state index contributed by atoms with van der Waals surface area (Å²) in [6.45, 7) is 1.65. The highest BCUT2D eigenvalue weighted by atomic mass is 79.9. The smallest absolute Gasteiger partial charge is 0.497 e. The summed E-state index contributed by atoms with van der Waals surface area (Å²) in [5.41, 5.74) is 1.34. The summed E-state index contributed by atoms with van der Waals surface area (Å²) in [7, 11) is -2.06. The SMILES string of the molecule is COc1ccc(S(=O)(=O)N2CCN(c3ccc4oc(OC(=O)O)cc4c3Br)CC2)cc1. The van der Waals surface area contributed by atoms with E-state index in [0.717, 1.165) is 10.2 Å². The van der Waals surface area contributed by atoms with E-state index in [4.69, 9.17) is 14.3 Å². The highest BCUT2D eigenvalue weighted by Gasteiger charge is 2.29. The van der Waals surface area contributed by atoms with Gasteiger partial charge in [0.25, 0.3) is 5.95 Å². The van der Waals surface area contributed by atoms with E-state index in [1.165, 1.54) is 17.5 Å². The van der Waals surface area contributed by atoms with Gasteiger partial charge in [-0.3, -0.25) is 0 Å². The molecule has 2 aromatic carbocycles. The normalized spacial score (nSPS) is 15.2. The second-order valence-electron chi connectivity index (χ2n) is 6.81. The minimum Gasteiger partial charge on any atom is -0.497 e. The lowest BCUT2D eigenvalue weighted by molar-refractivity contribution is 0.134. The van der Waals surface area contributed by atoms with Gasteiger partial charge in [0.1, 0.15) is 11.3 Å². The molecule has 4 rings (SSSR count). The zero-order valence-electron chi connectivity index (χ0n) is 16.4. The molecule has 0 radical (unpaired) electrons. The lowest BCUT2D eigenvalue weighted by atomic mass is 10.2. The molecule has 1 aliphatic rings. The van der Waals surface area contributed by atoms with Crippen molar-refractivity contribution in [3.63, 3.8) is 0 Å². The van der Waals surface area contributed by atoms with Crippen LogP contribution in [0.5, 0.6) is 11.7 Å². The third-order valence-corrected chi connectivity index (χ3v) is 7.80. The monoisotopic (exact) mass is 510 g/mol. The molecule has 31 heavy (non-hydrogen) atoms. The molecule has 1 saturated heterocycles. The van der Waals surface area contributed by atoms with E-state index in [1.54, 1.807) is 30.3 Å². The number of carbonyl (C=O) groups is 1. The number of sulfonamides is 1. The number of methoxy groups -OCH3 is 1. The fraction of sp³-hybridized carbons (Fsp3) is 0.250. The predicted octanol–water partition coefficient (Wildman–Crippen LogP) is 3.77. The molecule has 1 aromatic heterocycles. The zero-order chi connectivity index (χ0) is 22.2. The summed E-state index contributed by atoms with van der Waals surface area (Å²) >= 11 is 3.55. The molecule has 0 atom stereocenters. The molecule has 2 heterocycles. The molecule has 0 bridgehead atoms. The first-order valence-corrected chi connectivity index (χ1v) is 11.5. The van der Waals surface area contributed by atoms with Crippen LogP contribution in [0, 0.1) is 0 Å². The Labute approximate surface area is 186 Å². The number of ether oxygens (including phenoxy) is 2. The average Bonchev–Trinajstić information content (AvgIpc) is 3.17. The summed E-state index contributed by atoms with van der Waals surface area (Å²) < 4.78 is 43.1. The standard InChI is InChI=1S/C20H19BrN2O7S/c1-28-13-2-4-14(5-3-13)31(26,27)23-10-8-22(9-11-23)16-6-7-17-15(19(16)21)12-18(29-17)30-20(24)25/h2-7,12H,8-11H2,1H3,(H,24,25). The molecular weight excluding hydrogens is 492 g/mol. The number of fused-ring (bicyclic) bond motifs is 1. The van der Waals surface area contributed by atoms with Crippen LogP contribution in [0.15, 0.2) is 56.2 Å². The van der Waals surface area contributed by atoms with Gasteiger partial charge in [-0.25, -0.2) is 13.2 Å². The number of hydrogen-bond acceptors (Lipinski definition) is 7. The topological polar surface area (TPSA) is 110 Å². The van der Waals surface area contributed by atoms with Crippen molar-refractivity contribution >= 4 is 48.8 Å². The maximum Gasteiger partial charge on any atom is 0.513 e. The minimum absolute atomic E-state index is 0.115. The second-order valence-corrected chi connectivity index (χ2v) is 9.54. The van der Waals surface area contributed by atoms with Crippen molar-refractivity contribution in [1.29, 1.82) is 0 Å². The van der Waals surface area contributed by atoms with Gasteiger partial charge >= 0.3 is 6.16 Å². The van der Waals surface area contributed by atoms with Crippen LogP contribution in [0.2, 0.25) is 0 Å². The molecule has 0 spiro atoms. The van der Waals surface area contributed by atoms with Crippen LogP contribution in [0.3, 0.4) is 0 Å². The number of rotatable bonds is 5. The van der Waals surface area contributed by atoms with Gasteiger partial charge in [-0.15, -0.1) is 0 Å². The first kappa shape index (κ1) is 21.5. The van der Waals surface area contributed by atoms with Gasteiger partial charge in [0.05, 0.1) is 22.2 Å². The molecule has 1 N–H and O–H groups in total. The molecule has 11 heteroatoms. The summed E-state index contributed by atoms with van der Waals surface area (Å²) in [5.74, 6) is 0.482.